The predicted molar refractivity (Wildman–Crippen MR) is 92.9 cm³/mol. The Morgan fingerprint density at radius 2 is 1.74 bits per heavy atom. The number of aromatic amines is 1. The predicted octanol–water partition coefficient (Wildman–Crippen LogP) is 2.37. The van der Waals surface area contributed by atoms with Crippen molar-refractivity contribution < 1.29 is 4.79 Å². The van der Waals surface area contributed by atoms with Crippen molar-refractivity contribution in [1.82, 2.24) is 15.2 Å². The van der Waals surface area contributed by atoms with Crippen LogP contribution >= 0.6 is 0 Å². The second-order valence-electron chi connectivity index (χ2n) is 8.08. The summed E-state index contributed by atoms with van der Waals surface area (Å²) < 4.78 is 0. The summed E-state index contributed by atoms with van der Waals surface area (Å²) in [7, 11) is 2.15. The van der Waals surface area contributed by atoms with Crippen LogP contribution in [-0.4, -0.2) is 40.0 Å². The highest BCUT2D eigenvalue weighted by atomic mass is 16.2. The maximum absolute atomic E-state index is 12.7. The zero-order valence-electron chi connectivity index (χ0n) is 15.3. The second-order valence-corrected chi connectivity index (χ2v) is 8.08. The number of aryl methyl sites for hydroxylation is 2. The molecule has 0 bridgehead atoms. The average molecular weight is 319 g/mol. The third-order valence-corrected chi connectivity index (χ3v) is 5.30. The fourth-order valence-electron chi connectivity index (χ4n) is 3.93. The summed E-state index contributed by atoms with van der Waals surface area (Å²) >= 11 is 0. The minimum atomic E-state index is -0.168. The van der Waals surface area contributed by atoms with Crippen molar-refractivity contribution in [2.45, 2.75) is 71.5 Å². The number of carbonyl (C=O) groups is 1. The highest BCUT2D eigenvalue weighted by molar-refractivity contribution is 5.96. The number of rotatable bonds is 2. The Balaban J connectivity index is 2.23. The number of carbonyl (C=O) groups excluding carboxylic acids is 1. The summed E-state index contributed by atoms with van der Waals surface area (Å²) in [5.74, 6) is -0.0996. The van der Waals surface area contributed by atoms with Gasteiger partial charge in [0.25, 0.3) is 5.91 Å². The Labute approximate surface area is 138 Å². The van der Waals surface area contributed by atoms with Crippen molar-refractivity contribution in [3.8, 4) is 0 Å². The van der Waals surface area contributed by atoms with Gasteiger partial charge in [0, 0.05) is 28.9 Å². The SMILES string of the molecule is Cc1cc(=O)[nH]c(C)c1C(=O)NC1CC(C)(C)N(C)C(C)(C)C1. The van der Waals surface area contributed by atoms with Gasteiger partial charge in [-0.2, -0.15) is 0 Å². The molecular formula is C18H29N3O2. The van der Waals surface area contributed by atoms with E-state index in [1.807, 2.05) is 0 Å². The van der Waals surface area contributed by atoms with Gasteiger partial charge in [-0.1, -0.05) is 0 Å². The third-order valence-electron chi connectivity index (χ3n) is 5.30. The van der Waals surface area contributed by atoms with Crippen molar-refractivity contribution in [2.24, 2.45) is 0 Å². The number of likely N-dealkylation sites (tertiary alicyclic amines) is 1. The molecule has 23 heavy (non-hydrogen) atoms. The van der Waals surface area contributed by atoms with E-state index in [-0.39, 0.29) is 28.6 Å². The van der Waals surface area contributed by atoms with E-state index in [2.05, 4.69) is 49.9 Å². The molecule has 2 heterocycles. The molecule has 0 aliphatic carbocycles. The van der Waals surface area contributed by atoms with E-state index in [1.165, 1.54) is 6.07 Å². The normalized spacial score (nSPS) is 21.2. The smallest absolute Gasteiger partial charge is 0.253 e. The van der Waals surface area contributed by atoms with Crippen LogP contribution < -0.4 is 10.9 Å². The molecule has 1 aliphatic rings. The van der Waals surface area contributed by atoms with Gasteiger partial charge in [-0.15, -0.1) is 0 Å². The number of hydrogen-bond acceptors (Lipinski definition) is 3. The minimum absolute atomic E-state index is 0.0226. The lowest BCUT2D eigenvalue weighted by molar-refractivity contribution is -0.0169. The summed E-state index contributed by atoms with van der Waals surface area (Å²) in [6, 6.07) is 1.60. The van der Waals surface area contributed by atoms with Crippen LogP contribution in [0.5, 0.6) is 0 Å². The number of nitrogens with zero attached hydrogens (tertiary/aromatic N) is 1. The molecule has 0 aromatic carbocycles. The Bertz CT molecular complexity index is 629. The molecule has 5 heteroatoms. The molecule has 0 saturated carbocycles. The van der Waals surface area contributed by atoms with Crippen LogP contribution in [0.4, 0.5) is 0 Å². The molecule has 1 aromatic heterocycles. The van der Waals surface area contributed by atoms with Gasteiger partial charge in [-0.05, 0) is 67.0 Å². The quantitative estimate of drug-likeness (QED) is 0.879. The Kier molecular flexibility index (Phi) is 4.46. The number of nitrogens with one attached hydrogen (secondary N) is 2. The molecular weight excluding hydrogens is 290 g/mol. The first-order valence-corrected chi connectivity index (χ1v) is 8.19. The number of H-pyrrole nitrogens is 1. The Morgan fingerprint density at radius 1 is 1.22 bits per heavy atom. The van der Waals surface area contributed by atoms with Gasteiger partial charge in [0.1, 0.15) is 0 Å². The fraction of sp³-hybridized carbons (Fsp3) is 0.667. The summed E-state index contributed by atoms with van der Waals surface area (Å²) in [6.45, 7) is 12.4. The van der Waals surface area contributed by atoms with Crippen molar-refractivity contribution in [3.63, 3.8) is 0 Å². The molecule has 1 saturated heterocycles. The molecule has 0 unspecified atom stereocenters. The van der Waals surface area contributed by atoms with Crippen molar-refractivity contribution >= 4 is 5.91 Å². The van der Waals surface area contributed by atoms with Crippen LogP contribution in [-0.2, 0) is 0 Å². The number of piperidine rings is 1. The van der Waals surface area contributed by atoms with Gasteiger partial charge in [0.15, 0.2) is 0 Å². The molecule has 1 aromatic rings. The highest BCUT2D eigenvalue weighted by Crippen LogP contribution is 2.36. The van der Waals surface area contributed by atoms with Crippen LogP contribution in [0.2, 0.25) is 0 Å². The fourth-order valence-corrected chi connectivity index (χ4v) is 3.93. The van der Waals surface area contributed by atoms with Gasteiger partial charge in [-0.25, -0.2) is 0 Å². The number of pyridine rings is 1. The number of hydrogen-bond donors (Lipinski definition) is 2. The molecule has 2 N–H and O–H groups in total. The molecule has 0 radical (unpaired) electrons. The maximum atomic E-state index is 12.7. The second kappa shape index (κ2) is 5.78. The standard InChI is InChI=1S/C18H29N3O2/c1-11-8-14(22)19-12(2)15(11)16(23)20-13-9-17(3,4)21(7)18(5,6)10-13/h8,13H,9-10H2,1-7H3,(H,19,22)(H,20,23). The molecule has 5 nitrogen and oxygen atoms in total. The first-order chi connectivity index (χ1) is 10.4. The van der Waals surface area contributed by atoms with Gasteiger partial charge in [-0.3, -0.25) is 14.5 Å². The van der Waals surface area contributed by atoms with E-state index >= 15 is 0 Å². The van der Waals surface area contributed by atoms with E-state index < -0.39 is 0 Å². The van der Waals surface area contributed by atoms with Crippen molar-refractivity contribution in [2.75, 3.05) is 7.05 Å². The molecule has 1 fully saturated rings. The van der Waals surface area contributed by atoms with Crippen LogP contribution in [0, 0.1) is 13.8 Å². The monoisotopic (exact) mass is 319 g/mol. The lowest BCUT2D eigenvalue weighted by Gasteiger charge is -2.53. The molecule has 0 spiro atoms. The molecule has 2 rings (SSSR count). The lowest BCUT2D eigenvalue weighted by atomic mass is 9.77. The first kappa shape index (κ1) is 17.7. The largest absolute Gasteiger partial charge is 0.349 e. The lowest BCUT2D eigenvalue weighted by Crippen LogP contribution is -2.62. The first-order valence-electron chi connectivity index (χ1n) is 8.19. The van der Waals surface area contributed by atoms with Crippen LogP contribution in [0.1, 0.15) is 62.2 Å². The summed E-state index contributed by atoms with van der Waals surface area (Å²) in [5.41, 5.74) is 1.80. The summed E-state index contributed by atoms with van der Waals surface area (Å²) in [6.07, 6.45) is 1.81. The third kappa shape index (κ3) is 3.50. The zero-order chi connectivity index (χ0) is 17.6. The van der Waals surface area contributed by atoms with Crippen molar-refractivity contribution in [3.05, 3.63) is 33.2 Å². The molecule has 0 atom stereocenters. The number of amides is 1. The van der Waals surface area contributed by atoms with E-state index in [1.54, 1.807) is 13.8 Å². The molecule has 1 amide bonds. The van der Waals surface area contributed by atoms with Gasteiger partial charge in [0.05, 0.1) is 5.56 Å². The van der Waals surface area contributed by atoms with E-state index in [9.17, 15) is 9.59 Å². The maximum Gasteiger partial charge on any atom is 0.253 e. The van der Waals surface area contributed by atoms with E-state index in [0.717, 1.165) is 18.4 Å². The van der Waals surface area contributed by atoms with Gasteiger partial charge < -0.3 is 10.3 Å². The Hall–Kier alpha value is -1.62. The average Bonchev–Trinajstić information content (AvgIpc) is 2.33. The number of aromatic nitrogens is 1. The van der Waals surface area contributed by atoms with E-state index in [0.29, 0.717) is 11.3 Å². The van der Waals surface area contributed by atoms with Gasteiger partial charge in [0.2, 0.25) is 5.56 Å². The minimum Gasteiger partial charge on any atom is -0.349 e. The van der Waals surface area contributed by atoms with E-state index in [4.69, 9.17) is 0 Å². The topological polar surface area (TPSA) is 65.2 Å². The van der Waals surface area contributed by atoms with Crippen LogP contribution in [0.15, 0.2) is 10.9 Å². The summed E-state index contributed by atoms with van der Waals surface area (Å²) in [4.78, 5) is 29.3. The zero-order valence-corrected chi connectivity index (χ0v) is 15.3. The highest BCUT2D eigenvalue weighted by Gasteiger charge is 2.43. The Morgan fingerprint density at radius 3 is 2.22 bits per heavy atom. The van der Waals surface area contributed by atoms with Crippen LogP contribution in [0.25, 0.3) is 0 Å². The summed E-state index contributed by atoms with van der Waals surface area (Å²) in [5, 5.41) is 3.18. The van der Waals surface area contributed by atoms with Crippen molar-refractivity contribution in [1.29, 1.82) is 0 Å². The molecule has 1 aliphatic heterocycles. The van der Waals surface area contributed by atoms with Gasteiger partial charge >= 0.3 is 0 Å². The van der Waals surface area contributed by atoms with Crippen LogP contribution in [0.3, 0.4) is 0 Å². The molecule has 128 valence electrons.